The Morgan fingerprint density at radius 2 is 2.15 bits per heavy atom. The molecule has 0 unspecified atom stereocenters. The first-order valence-electron chi connectivity index (χ1n) is 9.16. The van der Waals surface area contributed by atoms with Crippen molar-refractivity contribution < 1.29 is 18.3 Å². The number of methoxy groups -OCH3 is 1. The van der Waals surface area contributed by atoms with E-state index in [1.807, 2.05) is 10.8 Å². The van der Waals surface area contributed by atoms with E-state index in [-0.39, 0.29) is 22.1 Å². The number of aromatic hydroxyl groups is 1. The maximum Gasteiger partial charge on any atom is 0.243 e. The number of sulfonamides is 1. The van der Waals surface area contributed by atoms with Gasteiger partial charge in [-0.1, -0.05) is 13.8 Å². The Morgan fingerprint density at radius 1 is 1.37 bits per heavy atom. The van der Waals surface area contributed by atoms with Crippen LogP contribution in [0.1, 0.15) is 26.7 Å². The highest BCUT2D eigenvalue weighted by atomic mass is 32.2. The Bertz CT molecular complexity index is 1020. The van der Waals surface area contributed by atoms with E-state index < -0.39 is 10.0 Å². The topological polar surface area (TPSA) is 84.1 Å². The first-order valence-corrected chi connectivity index (χ1v) is 10.6. The predicted molar refractivity (Wildman–Crippen MR) is 104 cm³/mol. The second kappa shape index (κ2) is 6.32. The van der Waals surface area contributed by atoms with Gasteiger partial charge in [-0.05, 0) is 31.0 Å². The highest BCUT2D eigenvalue weighted by Crippen LogP contribution is 2.43. The Hall–Kier alpha value is -1.90. The summed E-state index contributed by atoms with van der Waals surface area (Å²) in [5, 5.41) is 11.2. The van der Waals surface area contributed by atoms with E-state index >= 15 is 0 Å². The number of ether oxygens (including phenoxy) is 1. The molecule has 0 radical (unpaired) electrons. The fourth-order valence-electron chi connectivity index (χ4n) is 4.06. The van der Waals surface area contributed by atoms with Gasteiger partial charge < -0.3 is 14.4 Å². The summed E-state index contributed by atoms with van der Waals surface area (Å²) in [6, 6.07) is 4.81. The fourth-order valence-corrected chi connectivity index (χ4v) is 5.76. The lowest BCUT2D eigenvalue weighted by Crippen LogP contribution is -2.38. The molecule has 146 valence electrons. The van der Waals surface area contributed by atoms with E-state index in [0.29, 0.717) is 30.9 Å². The molecule has 7 nitrogen and oxygen atoms in total. The van der Waals surface area contributed by atoms with Gasteiger partial charge in [-0.15, -0.1) is 0 Å². The summed E-state index contributed by atoms with van der Waals surface area (Å²) in [5.41, 5.74) is 0.667. The molecule has 1 atom stereocenters. The molecule has 1 aromatic heterocycles. The van der Waals surface area contributed by atoms with Crippen molar-refractivity contribution in [1.29, 1.82) is 0 Å². The molecule has 1 aromatic carbocycles. The molecule has 2 aliphatic heterocycles. The minimum Gasteiger partial charge on any atom is -0.504 e. The average molecular weight is 391 g/mol. The van der Waals surface area contributed by atoms with Crippen LogP contribution in [0.4, 0.5) is 5.82 Å². The van der Waals surface area contributed by atoms with Crippen LogP contribution >= 0.6 is 0 Å². The quantitative estimate of drug-likeness (QED) is 0.869. The average Bonchev–Trinajstić information content (AvgIpc) is 3.18. The van der Waals surface area contributed by atoms with Gasteiger partial charge in [0.1, 0.15) is 0 Å². The number of aliphatic imine (C=N–C) groups is 1. The molecule has 2 aliphatic rings. The third kappa shape index (κ3) is 2.96. The van der Waals surface area contributed by atoms with Crippen LogP contribution in [0.25, 0.3) is 10.9 Å². The largest absolute Gasteiger partial charge is 0.504 e. The minimum atomic E-state index is -3.65. The number of nitrogens with zero attached hydrogens (tertiary/aromatic N) is 3. The van der Waals surface area contributed by atoms with Gasteiger partial charge in [0.25, 0.3) is 0 Å². The molecule has 3 heterocycles. The summed E-state index contributed by atoms with van der Waals surface area (Å²) in [6.45, 7) is 5.70. The maximum absolute atomic E-state index is 13.2. The Morgan fingerprint density at radius 3 is 2.89 bits per heavy atom. The first-order chi connectivity index (χ1) is 12.7. The van der Waals surface area contributed by atoms with Crippen molar-refractivity contribution in [2.45, 2.75) is 44.2 Å². The highest BCUT2D eigenvalue weighted by molar-refractivity contribution is 7.89. The Labute approximate surface area is 159 Å². The molecule has 0 spiro atoms. The maximum atomic E-state index is 13.2. The summed E-state index contributed by atoms with van der Waals surface area (Å²) in [5.74, 6) is 0.515. The zero-order chi connectivity index (χ0) is 19.4. The SMILES string of the molecule is COC[C@@H]1CCCN1S(=O)(=O)c1ccc2c(c1)c(O)c1n2CC(C)(C)C=N1. The van der Waals surface area contributed by atoms with Crippen molar-refractivity contribution in [3.8, 4) is 5.75 Å². The zero-order valence-electron chi connectivity index (χ0n) is 15.8. The predicted octanol–water partition coefficient (Wildman–Crippen LogP) is 2.89. The standard InChI is InChI=1S/C19H25N3O4S/c1-19(2)11-20-18-17(23)15-9-14(6-7-16(15)21(18)12-19)27(24,25)22-8-4-5-13(22)10-26-3/h6-7,9,11,13,23H,4-5,8,10,12H2,1-3H3/t13-/m0/s1. The molecule has 1 fully saturated rings. The van der Waals surface area contributed by atoms with Crippen molar-refractivity contribution in [2.24, 2.45) is 10.4 Å². The second-order valence-electron chi connectivity index (χ2n) is 8.05. The van der Waals surface area contributed by atoms with Gasteiger partial charge in [0.2, 0.25) is 10.0 Å². The van der Waals surface area contributed by atoms with E-state index in [9.17, 15) is 13.5 Å². The van der Waals surface area contributed by atoms with Crippen molar-refractivity contribution in [3.05, 3.63) is 18.2 Å². The van der Waals surface area contributed by atoms with Gasteiger partial charge in [-0.3, -0.25) is 0 Å². The summed E-state index contributed by atoms with van der Waals surface area (Å²) in [7, 11) is -2.06. The molecule has 0 bridgehead atoms. The molecule has 2 aromatic rings. The van der Waals surface area contributed by atoms with Gasteiger partial charge in [0.15, 0.2) is 11.6 Å². The lowest BCUT2D eigenvalue weighted by Gasteiger charge is -2.25. The molecule has 4 rings (SSSR count). The van der Waals surface area contributed by atoms with Crippen LogP contribution in [0.2, 0.25) is 0 Å². The van der Waals surface area contributed by atoms with Crippen LogP contribution in [0.5, 0.6) is 5.75 Å². The second-order valence-corrected chi connectivity index (χ2v) is 9.94. The lowest BCUT2D eigenvalue weighted by atomic mass is 9.94. The third-order valence-corrected chi connectivity index (χ3v) is 7.32. The number of hydrogen-bond acceptors (Lipinski definition) is 5. The van der Waals surface area contributed by atoms with Crippen LogP contribution in [-0.2, 0) is 21.3 Å². The molecule has 0 saturated carbocycles. The fraction of sp³-hybridized carbons (Fsp3) is 0.526. The minimum absolute atomic E-state index is 0.0312. The highest BCUT2D eigenvalue weighted by Gasteiger charge is 2.36. The summed E-state index contributed by atoms with van der Waals surface area (Å²) >= 11 is 0. The first kappa shape index (κ1) is 18.5. The van der Waals surface area contributed by atoms with E-state index in [1.54, 1.807) is 25.3 Å². The smallest absolute Gasteiger partial charge is 0.243 e. The molecule has 1 saturated heterocycles. The molecular weight excluding hydrogens is 366 g/mol. The number of aromatic nitrogens is 1. The number of rotatable bonds is 4. The molecular formula is C19H25N3O4S. The number of hydrogen-bond donors (Lipinski definition) is 1. The van der Waals surface area contributed by atoms with Crippen LogP contribution in [0, 0.1) is 5.41 Å². The van der Waals surface area contributed by atoms with E-state index in [1.165, 1.54) is 4.31 Å². The summed E-state index contributed by atoms with van der Waals surface area (Å²) in [6.07, 6.45) is 3.45. The van der Waals surface area contributed by atoms with Gasteiger partial charge in [0.05, 0.1) is 17.0 Å². The molecule has 1 N–H and O–H groups in total. The van der Waals surface area contributed by atoms with Crippen LogP contribution in [-0.4, -0.2) is 54.9 Å². The van der Waals surface area contributed by atoms with Gasteiger partial charge in [0, 0.05) is 43.3 Å². The van der Waals surface area contributed by atoms with Gasteiger partial charge in [-0.2, -0.15) is 4.31 Å². The van der Waals surface area contributed by atoms with Crippen molar-refractivity contribution >= 4 is 33.0 Å². The Balaban J connectivity index is 1.79. The van der Waals surface area contributed by atoms with E-state index in [0.717, 1.165) is 18.4 Å². The normalized spacial score (nSPS) is 22.4. The van der Waals surface area contributed by atoms with Gasteiger partial charge in [-0.25, -0.2) is 13.4 Å². The number of fused-ring (bicyclic) bond motifs is 3. The molecule has 8 heteroatoms. The number of benzene rings is 1. The molecule has 0 amide bonds. The lowest BCUT2D eigenvalue weighted by molar-refractivity contribution is 0.149. The molecule has 0 aliphatic carbocycles. The summed E-state index contributed by atoms with van der Waals surface area (Å²) < 4.78 is 35.0. The van der Waals surface area contributed by atoms with Crippen molar-refractivity contribution in [1.82, 2.24) is 8.87 Å². The van der Waals surface area contributed by atoms with E-state index in [4.69, 9.17) is 4.74 Å². The van der Waals surface area contributed by atoms with Crippen molar-refractivity contribution in [3.63, 3.8) is 0 Å². The molecule has 27 heavy (non-hydrogen) atoms. The van der Waals surface area contributed by atoms with Crippen LogP contribution < -0.4 is 0 Å². The van der Waals surface area contributed by atoms with Gasteiger partial charge >= 0.3 is 0 Å². The zero-order valence-corrected chi connectivity index (χ0v) is 16.7. The van der Waals surface area contributed by atoms with E-state index in [2.05, 4.69) is 18.8 Å². The van der Waals surface area contributed by atoms with Crippen LogP contribution in [0.15, 0.2) is 28.1 Å². The van der Waals surface area contributed by atoms with Crippen LogP contribution in [0.3, 0.4) is 0 Å². The summed E-state index contributed by atoms with van der Waals surface area (Å²) in [4.78, 5) is 4.59. The monoisotopic (exact) mass is 391 g/mol. The third-order valence-electron chi connectivity index (χ3n) is 5.37. The Kier molecular flexibility index (Phi) is 4.32. The van der Waals surface area contributed by atoms with Crippen molar-refractivity contribution in [2.75, 3.05) is 20.3 Å².